The van der Waals surface area contributed by atoms with Gasteiger partial charge in [-0.05, 0) is 38.0 Å². The molecule has 0 heterocycles. The van der Waals surface area contributed by atoms with Crippen molar-refractivity contribution in [3.05, 3.63) is 0 Å². The number of hydrogen-bond acceptors (Lipinski definition) is 1. The molecule has 2 amide bonds. The molecule has 0 aromatic heterocycles. The van der Waals surface area contributed by atoms with Crippen LogP contribution in [0.1, 0.15) is 40.0 Å². The van der Waals surface area contributed by atoms with E-state index < -0.39 is 0 Å². The Morgan fingerprint density at radius 1 is 1.29 bits per heavy atom. The summed E-state index contributed by atoms with van der Waals surface area (Å²) in [6, 6.07) is 0.368. The highest BCUT2D eigenvalue weighted by atomic mass is 16.2. The van der Waals surface area contributed by atoms with Gasteiger partial charge >= 0.3 is 6.03 Å². The summed E-state index contributed by atoms with van der Waals surface area (Å²) in [4.78, 5) is 11.3. The molecule has 1 aliphatic carbocycles. The molecule has 1 aliphatic rings. The number of amides is 2. The average Bonchev–Trinajstić information content (AvgIpc) is 2.12. The normalized spacial score (nSPS) is 32.4. The van der Waals surface area contributed by atoms with Crippen molar-refractivity contribution < 1.29 is 4.79 Å². The summed E-state index contributed by atoms with van der Waals surface area (Å²) in [5, 5.41) is 5.79. The fraction of sp³-hybridized carbons (Fsp3) is 0.909. The van der Waals surface area contributed by atoms with E-state index in [-0.39, 0.29) is 6.03 Å². The zero-order valence-electron chi connectivity index (χ0n) is 9.47. The van der Waals surface area contributed by atoms with E-state index in [2.05, 4.69) is 24.5 Å². The van der Waals surface area contributed by atoms with Crippen LogP contribution in [0.15, 0.2) is 0 Å². The lowest BCUT2D eigenvalue weighted by atomic mass is 9.79. The third-order valence-electron chi connectivity index (χ3n) is 3.27. The Morgan fingerprint density at radius 2 is 2.00 bits per heavy atom. The first kappa shape index (κ1) is 11.3. The second-order valence-corrected chi connectivity index (χ2v) is 4.47. The smallest absolute Gasteiger partial charge is 0.314 e. The first-order chi connectivity index (χ1) is 6.63. The molecule has 1 saturated carbocycles. The molecule has 3 nitrogen and oxygen atoms in total. The predicted molar refractivity (Wildman–Crippen MR) is 58.2 cm³/mol. The van der Waals surface area contributed by atoms with Gasteiger partial charge in [0.05, 0.1) is 0 Å². The number of rotatable bonds is 2. The molecular formula is C11H22N2O. The van der Waals surface area contributed by atoms with E-state index in [0.29, 0.717) is 12.6 Å². The number of urea groups is 1. The second-order valence-electron chi connectivity index (χ2n) is 4.47. The predicted octanol–water partition coefficient (Wildman–Crippen LogP) is 2.13. The minimum Gasteiger partial charge on any atom is -0.338 e. The summed E-state index contributed by atoms with van der Waals surface area (Å²) in [7, 11) is 0. The van der Waals surface area contributed by atoms with E-state index in [0.717, 1.165) is 24.7 Å². The maximum atomic E-state index is 11.3. The van der Waals surface area contributed by atoms with Gasteiger partial charge in [0.1, 0.15) is 0 Å². The van der Waals surface area contributed by atoms with Crippen molar-refractivity contribution in [1.29, 1.82) is 0 Å². The Balaban J connectivity index is 2.29. The molecule has 14 heavy (non-hydrogen) atoms. The van der Waals surface area contributed by atoms with Crippen LogP contribution in [0.2, 0.25) is 0 Å². The van der Waals surface area contributed by atoms with Crippen LogP contribution < -0.4 is 10.6 Å². The van der Waals surface area contributed by atoms with E-state index in [1.54, 1.807) is 0 Å². The molecule has 0 bridgehead atoms. The first-order valence-corrected chi connectivity index (χ1v) is 5.67. The van der Waals surface area contributed by atoms with Gasteiger partial charge in [-0.3, -0.25) is 0 Å². The fourth-order valence-corrected chi connectivity index (χ4v) is 2.08. The minimum absolute atomic E-state index is 0.0146. The van der Waals surface area contributed by atoms with Crippen molar-refractivity contribution in [3.8, 4) is 0 Å². The molecule has 3 heteroatoms. The summed E-state index contributed by atoms with van der Waals surface area (Å²) < 4.78 is 0. The number of carbonyl (C=O) groups excluding carboxylic acids is 1. The van der Waals surface area contributed by atoms with Crippen LogP contribution in [0, 0.1) is 11.8 Å². The Hall–Kier alpha value is -0.730. The molecule has 0 aromatic carbocycles. The Bertz CT molecular complexity index is 194. The maximum absolute atomic E-state index is 11.3. The minimum atomic E-state index is -0.0146. The zero-order chi connectivity index (χ0) is 10.6. The van der Waals surface area contributed by atoms with Crippen molar-refractivity contribution in [2.75, 3.05) is 6.54 Å². The van der Waals surface area contributed by atoms with Gasteiger partial charge in [0, 0.05) is 12.6 Å². The summed E-state index contributed by atoms with van der Waals surface area (Å²) in [5.41, 5.74) is 0. The van der Waals surface area contributed by atoms with Gasteiger partial charge in [-0.2, -0.15) is 0 Å². The molecule has 3 atom stereocenters. The summed E-state index contributed by atoms with van der Waals surface area (Å²) in [6.45, 7) is 7.21. The highest BCUT2D eigenvalue weighted by molar-refractivity contribution is 5.74. The van der Waals surface area contributed by atoms with Crippen LogP contribution in [0.25, 0.3) is 0 Å². The van der Waals surface area contributed by atoms with Crippen LogP contribution in [0.5, 0.6) is 0 Å². The number of hydrogen-bond donors (Lipinski definition) is 2. The van der Waals surface area contributed by atoms with Crippen LogP contribution in [0.3, 0.4) is 0 Å². The molecule has 3 unspecified atom stereocenters. The third-order valence-corrected chi connectivity index (χ3v) is 3.27. The lowest BCUT2D eigenvalue weighted by Gasteiger charge is -2.32. The molecule has 2 N–H and O–H groups in total. The molecule has 0 aliphatic heterocycles. The topological polar surface area (TPSA) is 41.1 Å². The lowest BCUT2D eigenvalue weighted by molar-refractivity contribution is 0.209. The monoisotopic (exact) mass is 198 g/mol. The van der Waals surface area contributed by atoms with Gasteiger partial charge < -0.3 is 10.6 Å². The first-order valence-electron chi connectivity index (χ1n) is 5.67. The largest absolute Gasteiger partial charge is 0.338 e. The highest BCUT2D eigenvalue weighted by Gasteiger charge is 2.25. The van der Waals surface area contributed by atoms with Gasteiger partial charge in [-0.25, -0.2) is 4.79 Å². The van der Waals surface area contributed by atoms with Gasteiger partial charge in [-0.1, -0.05) is 13.8 Å². The van der Waals surface area contributed by atoms with Gasteiger partial charge in [0.15, 0.2) is 0 Å². The zero-order valence-corrected chi connectivity index (χ0v) is 9.47. The molecule has 0 radical (unpaired) electrons. The lowest BCUT2D eigenvalue weighted by Crippen LogP contribution is -2.44. The Labute approximate surface area is 86.6 Å². The van der Waals surface area contributed by atoms with Crippen LogP contribution >= 0.6 is 0 Å². The molecule has 1 fully saturated rings. The number of nitrogens with one attached hydrogen (secondary N) is 2. The van der Waals surface area contributed by atoms with Crippen molar-refractivity contribution in [1.82, 2.24) is 10.6 Å². The van der Waals surface area contributed by atoms with Gasteiger partial charge in [-0.15, -0.1) is 0 Å². The van der Waals surface area contributed by atoms with Crippen molar-refractivity contribution >= 4 is 6.03 Å². The summed E-state index contributed by atoms with van der Waals surface area (Å²) >= 11 is 0. The quantitative estimate of drug-likeness (QED) is 0.701. The summed E-state index contributed by atoms with van der Waals surface area (Å²) in [5.74, 6) is 1.54. The van der Waals surface area contributed by atoms with E-state index in [9.17, 15) is 4.79 Å². The van der Waals surface area contributed by atoms with Crippen molar-refractivity contribution in [3.63, 3.8) is 0 Å². The van der Waals surface area contributed by atoms with E-state index >= 15 is 0 Å². The maximum Gasteiger partial charge on any atom is 0.314 e. The molecule has 82 valence electrons. The van der Waals surface area contributed by atoms with Gasteiger partial charge in [0.25, 0.3) is 0 Å². The van der Waals surface area contributed by atoms with Crippen LogP contribution in [-0.4, -0.2) is 18.6 Å². The SMILES string of the molecule is CCNC(=O)NC1CCC(C)C(C)C1. The van der Waals surface area contributed by atoms with E-state index in [1.807, 2.05) is 6.92 Å². The summed E-state index contributed by atoms with van der Waals surface area (Å²) in [6.07, 6.45) is 3.49. The molecule has 1 rings (SSSR count). The fourth-order valence-electron chi connectivity index (χ4n) is 2.08. The standard InChI is InChI=1S/C11H22N2O/c1-4-12-11(14)13-10-6-5-8(2)9(3)7-10/h8-10H,4-7H2,1-3H3,(H2,12,13,14). The highest BCUT2D eigenvalue weighted by Crippen LogP contribution is 2.29. The van der Waals surface area contributed by atoms with E-state index in [4.69, 9.17) is 0 Å². The van der Waals surface area contributed by atoms with Crippen LogP contribution in [-0.2, 0) is 0 Å². The van der Waals surface area contributed by atoms with Crippen LogP contribution in [0.4, 0.5) is 4.79 Å². The third kappa shape index (κ3) is 3.20. The molecule has 0 saturated heterocycles. The Kier molecular flexibility index (Phi) is 4.23. The molecule has 0 aromatic rings. The number of carbonyl (C=O) groups is 1. The van der Waals surface area contributed by atoms with E-state index in [1.165, 1.54) is 6.42 Å². The molecule has 0 spiro atoms. The molecular weight excluding hydrogens is 176 g/mol. The second kappa shape index (κ2) is 5.23. The van der Waals surface area contributed by atoms with Crippen molar-refractivity contribution in [2.45, 2.75) is 46.1 Å². The Morgan fingerprint density at radius 3 is 2.57 bits per heavy atom. The average molecular weight is 198 g/mol. The van der Waals surface area contributed by atoms with Gasteiger partial charge in [0.2, 0.25) is 0 Å². The van der Waals surface area contributed by atoms with Crippen molar-refractivity contribution in [2.24, 2.45) is 11.8 Å².